The van der Waals surface area contributed by atoms with E-state index < -0.39 is 14.5 Å². The third kappa shape index (κ3) is 7.31. The summed E-state index contributed by atoms with van der Waals surface area (Å²) in [6, 6.07) is 74.6. The molecule has 0 aliphatic carbocycles. The third-order valence-electron chi connectivity index (χ3n) is 9.55. The third-order valence-corrected chi connectivity index (χ3v) is 18.3. The summed E-state index contributed by atoms with van der Waals surface area (Å²) in [5, 5.41) is 8.51. The van der Waals surface area contributed by atoms with Crippen LogP contribution in [0.3, 0.4) is 0 Å². The van der Waals surface area contributed by atoms with Crippen LogP contribution in [0.15, 0.2) is 200 Å². The molecule has 0 atom stereocenters. The van der Waals surface area contributed by atoms with Crippen molar-refractivity contribution >= 4 is 46.4 Å². The Morgan fingerprint density at radius 1 is 0.286 bits per heavy atom. The van der Waals surface area contributed by atoms with E-state index in [4.69, 9.17) is 0 Å². The van der Waals surface area contributed by atoms with Crippen LogP contribution in [0.1, 0.15) is 16.7 Å². The molecule has 0 radical (unpaired) electrons. The fourth-order valence-electron chi connectivity index (χ4n) is 7.13. The lowest BCUT2D eigenvalue weighted by atomic mass is 10.1. The van der Waals surface area contributed by atoms with E-state index in [-0.39, 0.29) is 34.0 Å². The fraction of sp³-hybridized carbons (Fsp3) is 0.0667. The van der Waals surface area contributed by atoms with E-state index in [9.17, 15) is 0 Å². The average Bonchev–Trinajstić information content (AvgIpc) is 3.16. The maximum absolute atomic E-state index is 2.38. The van der Waals surface area contributed by atoms with Gasteiger partial charge in [0.25, 0.3) is 0 Å². The molecule has 7 aromatic rings. The van der Waals surface area contributed by atoms with Crippen molar-refractivity contribution < 1.29 is 34.0 Å². The summed E-state index contributed by atoms with van der Waals surface area (Å²) >= 11 is 0. The second kappa shape index (κ2) is 16.8. The molecule has 0 bridgehead atoms. The van der Waals surface area contributed by atoms with Crippen molar-refractivity contribution in [3.8, 4) is 0 Å². The molecule has 7 rings (SSSR count). The van der Waals surface area contributed by atoms with Crippen molar-refractivity contribution in [3.05, 3.63) is 217 Å². The van der Waals surface area contributed by atoms with Gasteiger partial charge in [-0.3, -0.25) is 0 Å². The number of benzene rings is 7. The van der Waals surface area contributed by atoms with Gasteiger partial charge < -0.3 is 34.0 Å². The van der Waals surface area contributed by atoms with Crippen LogP contribution in [0, 0.1) is 6.92 Å². The summed E-state index contributed by atoms with van der Waals surface area (Å²) in [7, 11) is -4.08. The van der Waals surface area contributed by atoms with Crippen molar-refractivity contribution in [1.29, 1.82) is 0 Å². The number of halogens is 2. The van der Waals surface area contributed by atoms with Crippen molar-refractivity contribution in [2.45, 2.75) is 19.2 Å². The fourth-order valence-corrected chi connectivity index (χ4v) is 15.8. The van der Waals surface area contributed by atoms with Crippen LogP contribution < -0.4 is 65.8 Å². The number of hydrogen-bond acceptors (Lipinski definition) is 0. The maximum Gasteiger partial charge on any atom is 0.116 e. The molecule has 0 spiro atoms. The Kier molecular flexibility index (Phi) is 12.6. The van der Waals surface area contributed by atoms with Crippen molar-refractivity contribution in [1.82, 2.24) is 0 Å². The summed E-state index contributed by atoms with van der Waals surface area (Å²) in [4.78, 5) is 0. The van der Waals surface area contributed by atoms with Crippen LogP contribution in [0.4, 0.5) is 0 Å². The topological polar surface area (TPSA) is 0 Å². The Morgan fingerprint density at radius 2 is 0.490 bits per heavy atom. The van der Waals surface area contributed by atoms with Crippen LogP contribution in [0.2, 0.25) is 0 Å². The monoisotopic (exact) mass is 800 g/mol. The van der Waals surface area contributed by atoms with Crippen molar-refractivity contribution in [2.24, 2.45) is 0 Å². The quantitative estimate of drug-likeness (QED) is 0.187. The summed E-state index contributed by atoms with van der Waals surface area (Å²) in [5.41, 5.74) is 4.27. The van der Waals surface area contributed by atoms with E-state index in [0.717, 1.165) is 12.3 Å². The van der Waals surface area contributed by atoms with Crippen LogP contribution >= 0.6 is 14.5 Å². The van der Waals surface area contributed by atoms with E-state index in [1.165, 1.54) is 48.5 Å². The highest BCUT2D eigenvalue weighted by molar-refractivity contribution is 7.95. The Labute approximate surface area is 314 Å². The SMILES string of the molecule is Cc1c(C[P+](c2ccccc2)(c2ccccc2)c2ccccc2)cccc1C[P+](c1ccccc1)(c1ccccc1)c1ccccc1.[Br-].[Br-]. The first-order valence-electron chi connectivity index (χ1n) is 16.4. The predicted octanol–water partition coefficient (Wildman–Crippen LogP) is 2.99. The lowest BCUT2D eigenvalue weighted by molar-refractivity contribution is -0.00100. The van der Waals surface area contributed by atoms with Crippen LogP contribution in [0.25, 0.3) is 0 Å². The molecule has 7 aromatic carbocycles. The lowest BCUT2D eigenvalue weighted by Gasteiger charge is -2.30. The smallest absolute Gasteiger partial charge is 0.116 e. The van der Waals surface area contributed by atoms with Gasteiger partial charge in [-0.25, -0.2) is 0 Å². The van der Waals surface area contributed by atoms with E-state index in [1.54, 1.807) is 0 Å². The predicted molar refractivity (Wildman–Crippen MR) is 209 cm³/mol. The molecule has 0 saturated carbocycles. The molecule has 0 aliphatic heterocycles. The maximum atomic E-state index is 2.38. The van der Waals surface area contributed by atoms with Crippen LogP contribution in [-0.4, -0.2) is 0 Å². The first kappa shape index (κ1) is 36.6. The Hall–Kier alpha value is -3.64. The standard InChI is InChI=1S/C45H40P2.2BrH/c1-37-38(35-46(40-23-8-2-9-24-40,41-25-10-3-11-26-41)42-27-12-4-13-28-42)21-20-22-39(37)36-47(43-29-14-5-15-30-43,44-31-16-6-17-32-44)45-33-18-7-19-34-45;;/h2-34H,35-36H2,1H3;2*1H/q+2;;/p-2. The highest BCUT2D eigenvalue weighted by atomic mass is 79.9. The highest BCUT2D eigenvalue weighted by Gasteiger charge is 2.48. The molecule has 0 heterocycles. The number of hydrogen-bond donors (Lipinski definition) is 0. The molecule has 0 saturated heterocycles. The van der Waals surface area contributed by atoms with E-state index >= 15 is 0 Å². The van der Waals surface area contributed by atoms with Gasteiger partial charge in [0.2, 0.25) is 0 Å². The minimum absolute atomic E-state index is 0. The molecule has 49 heavy (non-hydrogen) atoms. The van der Waals surface area contributed by atoms with Gasteiger partial charge in [0.15, 0.2) is 0 Å². The zero-order chi connectivity index (χ0) is 31.9. The van der Waals surface area contributed by atoms with Gasteiger partial charge in [0.05, 0.1) is 12.3 Å². The van der Waals surface area contributed by atoms with Crippen molar-refractivity contribution in [3.63, 3.8) is 0 Å². The molecular weight excluding hydrogens is 762 g/mol. The van der Waals surface area contributed by atoms with Gasteiger partial charge in [-0.1, -0.05) is 127 Å². The Morgan fingerprint density at radius 3 is 0.694 bits per heavy atom. The summed E-state index contributed by atoms with van der Waals surface area (Å²) < 4.78 is 0. The minimum atomic E-state index is -2.04. The minimum Gasteiger partial charge on any atom is -1.00 e. The summed E-state index contributed by atoms with van der Waals surface area (Å²) in [5.74, 6) is 0. The molecule has 0 nitrogen and oxygen atoms in total. The molecule has 0 aromatic heterocycles. The largest absolute Gasteiger partial charge is 1.00 e. The van der Waals surface area contributed by atoms with Gasteiger partial charge >= 0.3 is 0 Å². The first-order valence-corrected chi connectivity index (χ1v) is 20.3. The molecule has 244 valence electrons. The molecule has 0 N–H and O–H groups in total. The van der Waals surface area contributed by atoms with Gasteiger partial charge in [-0.15, -0.1) is 0 Å². The summed E-state index contributed by atoms with van der Waals surface area (Å²) in [6.07, 6.45) is 1.94. The highest BCUT2D eigenvalue weighted by Crippen LogP contribution is 2.60. The average molecular weight is 803 g/mol. The normalized spacial score (nSPS) is 11.2. The van der Waals surface area contributed by atoms with Crippen LogP contribution in [0.5, 0.6) is 0 Å². The molecule has 4 heteroatoms. The Balaban J connectivity index is 0.00000234. The molecule has 0 amide bonds. The second-order valence-electron chi connectivity index (χ2n) is 12.2. The second-order valence-corrected chi connectivity index (χ2v) is 19.1. The van der Waals surface area contributed by atoms with E-state index in [1.807, 2.05) is 0 Å². The molecule has 0 unspecified atom stereocenters. The zero-order valence-electron chi connectivity index (χ0n) is 27.6. The lowest BCUT2D eigenvalue weighted by Crippen LogP contribution is -3.00. The van der Waals surface area contributed by atoms with E-state index in [0.29, 0.717) is 0 Å². The van der Waals surface area contributed by atoms with Gasteiger partial charge in [-0.2, -0.15) is 0 Å². The van der Waals surface area contributed by atoms with Crippen molar-refractivity contribution in [2.75, 3.05) is 0 Å². The first-order chi connectivity index (χ1) is 23.2. The zero-order valence-corrected chi connectivity index (χ0v) is 32.6. The van der Waals surface area contributed by atoms with Gasteiger partial charge in [0, 0.05) is 0 Å². The van der Waals surface area contributed by atoms with Gasteiger partial charge in [0.1, 0.15) is 46.4 Å². The van der Waals surface area contributed by atoms with Gasteiger partial charge in [-0.05, 0) is 96.4 Å². The molecular formula is C45H40Br2P2. The van der Waals surface area contributed by atoms with E-state index in [2.05, 4.69) is 207 Å². The molecule has 0 fully saturated rings. The summed E-state index contributed by atoms with van der Waals surface area (Å²) in [6.45, 7) is 2.37. The Bertz CT molecular complexity index is 1680. The number of rotatable bonds is 10. The molecule has 0 aliphatic rings. The van der Waals surface area contributed by atoms with Crippen LogP contribution in [-0.2, 0) is 12.3 Å².